The highest BCUT2D eigenvalue weighted by molar-refractivity contribution is 6.06. The largest absolute Gasteiger partial charge is 0.325 e. The molecule has 1 unspecified atom stereocenters. The molecule has 0 bridgehead atoms. The Balaban J connectivity index is 1.96. The van der Waals surface area contributed by atoms with E-state index >= 15 is 0 Å². The van der Waals surface area contributed by atoms with Gasteiger partial charge in [-0.25, -0.2) is 14.8 Å². The molecular weight excluding hydrogens is 268 g/mol. The number of nitrogens with zero attached hydrogens (tertiary/aromatic N) is 4. The number of aromatic amines is 1. The number of amides is 1. The van der Waals surface area contributed by atoms with Gasteiger partial charge in [-0.2, -0.15) is 5.10 Å². The van der Waals surface area contributed by atoms with Gasteiger partial charge < -0.3 is 5.32 Å². The fourth-order valence-electron chi connectivity index (χ4n) is 2.60. The Kier molecular flexibility index (Phi) is 2.26. The molecule has 21 heavy (non-hydrogen) atoms. The minimum Gasteiger partial charge on any atom is -0.325 e. The molecule has 0 aliphatic carbocycles. The molecule has 100 valence electrons. The molecular formula is C14H8N6O. The van der Waals surface area contributed by atoms with Gasteiger partial charge in [-0.05, 0) is 11.6 Å². The maximum absolute atomic E-state index is 12.3. The third-order valence-electron chi connectivity index (χ3n) is 3.55. The minimum atomic E-state index is -0.551. The van der Waals surface area contributed by atoms with Crippen LogP contribution >= 0.6 is 0 Å². The van der Waals surface area contributed by atoms with Crippen molar-refractivity contribution in [1.82, 2.24) is 20.2 Å². The summed E-state index contributed by atoms with van der Waals surface area (Å²) in [6, 6.07) is 5.15. The van der Waals surface area contributed by atoms with E-state index < -0.39 is 5.92 Å². The molecule has 7 nitrogen and oxygen atoms in total. The Morgan fingerprint density at radius 1 is 1.29 bits per heavy atom. The lowest BCUT2D eigenvalue weighted by Crippen LogP contribution is -2.14. The number of hydrogen-bond donors (Lipinski definition) is 2. The fraction of sp³-hybridized carbons (Fsp3) is 0.0714. The molecule has 1 aliphatic heterocycles. The van der Waals surface area contributed by atoms with Gasteiger partial charge in [0.15, 0.2) is 11.3 Å². The maximum Gasteiger partial charge on any atom is 0.238 e. The second kappa shape index (κ2) is 4.11. The zero-order chi connectivity index (χ0) is 14.4. The average Bonchev–Trinajstić information content (AvgIpc) is 3.09. The van der Waals surface area contributed by atoms with Crippen LogP contribution in [0.2, 0.25) is 0 Å². The third-order valence-corrected chi connectivity index (χ3v) is 3.55. The molecule has 3 heterocycles. The Hall–Kier alpha value is -3.27. The quantitative estimate of drug-likeness (QED) is 0.665. The number of rotatable bonds is 1. The molecule has 0 radical (unpaired) electrons. The number of anilines is 1. The first-order valence-corrected chi connectivity index (χ1v) is 6.24. The van der Waals surface area contributed by atoms with Crippen molar-refractivity contribution in [2.75, 3.05) is 5.32 Å². The van der Waals surface area contributed by atoms with Crippen LogP contribution in [-0.2, 0) is 4.79 Å². The van der Waals surface area contributed by atoms with Crippen LogP contribution in [0.5, 0.6) is 0 Å². The normalized spacial score (nSPS) is 16.5. The monoisotopic (exact) mass is 276 g/mol. The highest BCUT2D eigenvalue weighted by Gasteiger charge is 2.34. The van der Waals surface area contributed by atoms with E-state index in [-0.39, 0.29) is 5.91 Å². The number of benzene rings is 1. The van der Waals surface area contributed by atoms with E-state index in [0.717, 1.165) is 5.56 Å². The van der Waals surface area contributed by atoms with E-state index in [1.807, 2.05) is 0 Å². The Bertz CT molecular complexity index is 923. The van der Waals surface area contributed by atoms with Gasteiger partial charge in [0.25, 0.3) is 0 Å². The lowest BCUT2D eigenvalue weighted by atomic mass is 9.95. The molecule has 0 saturated heterocycles. The van der Waals surface area contributed by atoms with Gasteiger partial charge in [0, 0.05) is 5.69 Å². The highest BCUT2D eigenvalue weighted by atomic mass is 16.2. The van der Waals surface area contributed by atoms with E-state index in [4.69, 9.17) is 6.57 Å². The smallest absolute Gasteiger partial charge is 0.238 e. The number of hydrogen-bond acceptors (Lipinski definition) is 4. The standard InChI is InChI=1S/C14H8N6O/c1-15-7-2-3-10-8(4-7)11(14(21)19-10)12-9-5-18-20-13(9)17-6-16-12/h2-6,11H,(H,19,21)(H,16,17,18,20). The maximum atomic E-state index is 12.3. The van der Waals surface area contributed by atoms with Crippen LogP contribution in [0.25, 0.3) is 15.9 Å². The summed E-state index contributed by atoms with van der Waals surface area (Å²) in [4.78, 5) is 24.1. The molecule has 3 aromatic rings. The van der Waals surface area contributed by atoms with Gasteiger partial charge in [0.05, 0.1) is 23.8 Å². The number of aromatic nitrogens is 4. The Morgan fingerprint density at radius 3 is 3.05 bits per heavy atom. The molecule has 2 N–H and O–H groups in total. The zero-order valence-corrected chi connectivity index (χ0v) is 10.7. The summed E-state index contributed by atoms with van der Waals surface area (Å²) in [5.74, 6) is -0.710. The molecule has 4 rings (SSSR count). The molecule has 1 aromatic carbocycles. The number of H-pyrrole nitrogens is 1. The zero-order valence-electron chi connectivity index (χ0n) is 10.7. The van der Waals surface area contributed by atoms with Crippen molar-refractivity contribution in [2.45, 2.75) is 5.92 Å². The van der Waals surface area contributed by atoms with Crippen LogP contribution in [0.3, 0.4) is 0 Å². The van der Waals surface area contributed by atoms with Gasteiger partial charge in [-0.15, -0.1) is 0 Å². The van der Waals surface area contributed by atoms with E-state index in [9.17, 15) is 4.79 Å². The van der Waals surface area contributed by atoms with E-state index in [1.54, 1.807) is 24.4 Å². The first-order valence-electron chi connectivity index (χ1n) is 6.24. The molecule has 1 aliphatic rings. The van der Waals surface area contributed by atoms with Crippen LogP contribution in [0.1, 0.15) is 17.2 Å². The van der Waals surface area contributed by atoms with Crippen molar-refractivity contribution >= 4 is 28.3 Å². The fourth-order valence-corrected chi connectivity index (χ4v) is 2.60. The topological polar surface area (TPSA) is 87.9 Å². The average molecular weight is 276 g/mol. The summed E-state index contributed by atoms with van der Waals surface area (Å²) in [5, 5.41) is 10.2. The van der Waals surface area contributed by atoms with Crippen molar-refractivity contribution in [3.05, 3.63) is 53.4 Å². The van der Waals surface area contributed by atoms with Gasteiger partial charge in [-0.3, -0.25) is 9.89 Å². The van der Waals surface area contributed by atoms with Crippen molar-refractivity contribution < 1.29 is 4.79 Å². The van der Waals surface area contributed by atoms with Crippen LogP contribution in [-0.4, -0.2) is 26.1 Å². The molecule has 0 fully saturated rings. The van der Waals surface area contributed by atoms with E-state index in [1.165, 1.54) is 6.33 Å². The predicted octanol–water partition coefficient (Wildman–Crippen LogP) is 1.99. The van der Waals surface area contributed by atoms with Crippen molar-refractivity contribution in [3.8, 4) is 0 Å². The first kappa shape index (κ1) is 11.5. The van der Waals surface area contributed by atoms with E-state index in [0.29, 0.717) is 28.1 Å². The number of fused-ring (bicyclic) bond motifs is 2. The van der Waals surface area contributed by atoms with Crippen molar-refractivity contribution in [3.63, 3.8) is 0 Å². The number of nitrogens with one attached hydrogen (secondary N) is 2. The summed E-state index contributed by atoms with van der Waals surface area (Å²) in [6.45, 7) is 7.11. The van der Waals surface area contributed by atoms with E-state index in [2.05, 4.69) is 30.3 Å². The lowest BCUT2D eigenvalue weighted by Gasteiger charge is -2.09. The number of carbonyl (C=O) groups excluding carboxylic acids is 1. The summed E-state index contributed by atoms with van der Waals surface area (Å²) in [7, 11) is 0. The second-order valence-electron chi connectivity index (χ2n) is 4.70. The van der Waals surface area contributed by atoms with Crippen molar-refractivity contribution in [2.24, 2.45) is 0 Å². The molecule has 1 atom stereocenters. The first-order chi connectivity index (χ1) is 10.3. The molecule has 0 spiro atoms. The number of carbonyl (C=O) groups is 1. The molecule has 1 amide bonds. The predicted molar refractivity (Wildman–Crippen MR) is 74.9 cm³/mol. The Morgan fingerprint density at radius 2 is 2.19 bits per heavy atom. The molecule has 7 heteroatoms. The van der Waals surface area contributed by atoms with Crippen LogP contribution < -0.4 is 5.32 Å². The van der Waals surface area contributed by atoms with Crippen LogP contribution in [0, 0.1) is 6.57 Å². The summed E-state index contributed by atoms with van der Waals surface area (Å²) in [6.07, 6.45) is 3.01. The van der Waals surface area contributed by atoms with Crippen LogP contribution in [0.15, 0.2) is 30.7 Å². The molecule has 2 aromatic heterocycles. The summed E-state index contributed by atoms with van der Waals surface area (Å²) < 4.78 is 0. The van der Waals surface area contributed by atoms with Gasteiger partial charge in [-0.1, -0.05) is 12.1 Å². The van der Waals surface area contributed by atoms with Gasteiger partial charge in [0.1, 0.15) is 12.2 Å². The SMILES string of the molecule is [C-]#[N+]c1ccc2c(c1)C(c1ncnc3[nH]ncc13)C(=O)N2. The molecule has 0 saturated carbocycles. The Labute approximate surface area is 118 Å². The van der Waals surface area contributed by atoms with Crippen molar-refractivity contribution in [1.29, 1.82) is 0 Å². The van der Waals surface area contributed by atoms with Gasteiger partial charge >= 0.3 is 0 Å². The minimum absolute atomic E-state index is 0.159. The highest BCUT2D eigenvalue weighted by Crippen LogP contribution is 2.40. The summed E-state index contributed by atoms with van der Waals surface area (Å²) >= 11 is 0. The summed E-state index contributed by atoms with van der Waals surface area (Å²) in [5.41, 5.74) is 3.14. The third kappa shape index (κ3) is 1.59. The van der Waals surface area contributed by atoms with Crippen LogP contribution in [0.4, 0.5) is 11.4 Å². The van der Waals surface area contributed by atoms with Gasteiger partial charge in [0.2, 0.25) is 5.91 Å². The lowest BCUT2D eigenvalue weighted by molar-refractivity contribution is -0.116. The second-order valence-corrected chi connectivity index (χ2v) is 4.70.